The second kappa shape index (κ2) is 6.34. The summed E-state index contributed by atoms with van der Waals surface area (Å²) in [6, 6.07) is 11.2. The fraction of sp³-hybridized carbons (Fsp3) is 0. The van der Waals surface area contributed by atoms with Crippen molar-refractivity contribution in [3.63, 3.8) is 0 Å². The van der Waals surface area contributed by atoms with Crippen LogP contribution in [0.5, 0.6) is 11.5 Å². The molecule has 3 nitrogen and oxygen atoms in total. The maximum absolute atomic E-state index is 13.6. The number of ether oxygens (including phenoxy) is 1. The summed E-state index contributed by atoms with van der Waals surface area (Å²) < 4.78 is 19.7. The van der Waals surface area contributed by atoms with E-state index in [2.05, 4.69) is 15.9 Å². The first-order chi connectivity index (χ1) is 9.54. The van der Waals surface area contributed by atoms with Gasteiger partial charge < -0.3 is 9.84 Å². The lowest BCUT2D eigenvalue weighted by molar-refractivity contribution is -0.131. The molecule has 0 radical (unpaired) electrons. The molecule has 2 aromatic carbocycles. The topological polar surface area (TPSA) is 46.5 Å². The number of aliphatic carboxylic acids is 1. The second-order valence-corrected chi connectivity index (χ2v) is 4.84. The summed E-state index contributed by atoms with van der Waals surface area (Å²) in [5.74, 6) is -0.979. The summed E-state index contributed by atoms with van der Waals surface area (Å²) in [6.07, 6.45) is 2.46. The molecule has 0 saturated heterocycles. The molecule has 0 atom stereocenters. The normalized spacial score (nSPS) is 10.7. The van der Waals surface area contributed by atoms with Crippen molar-refractivity contribution in [3.05, 3.63) is 64.4 Å². The van der Waals surface area contributed by atoms with E-state index in [4.69, 9.17) is 9.84 Å². The molecular weight excluding hydrogens is 327 g/mol. The zero-order valence-corrected chi connectivity index (χ0v) is 11.8. The van der Waals surface area contributed by atoms with Gasteiger partial charge in [0.25, 0.3) is 0 Å². The summed E-state index contributed by atoms with van der Waals surface area (Å²) >= 11 is 3.17. The Morgan fingerprint density at radius 2 is 2.05 bits per heavy atom. The van der Waals surface area contributed by atoms with Crippen molar-refractivity contribution in [1.82, 2.24) is 0 Å². The molecule has 0 aliphatic heterocycles. The maximum atomic E-state index is 13.6. The summed E-state index contributed by atoms with van der Waals surface area (Å²) in [5.41, 5.74) is 0.655. The molecule has 0 aromatic heterocycles. The van der Waals surface area contributed by atoms with Crippen LogP contribution in [0.4, 0.5) is 4.39 Å². The minimum Gasteiger partial charge on any atom is -0.478 e. The Balaban J connectivity index is 2.21. The van der Waals surface area contributed by atoms with Gasteiger partial charge in [-0.15, -0.1) is 0 Å². The highest BCUT2D eigenvalue weighted by Crippen LogP contribution is 2.27. The van der Waals surface area contributed by atoms with Crippen LogP contribution in [0.15, 0.2) is 53.0 Å². The van der Waals surface area contributed by atoms with E-state index in [0.717, 1.165) is 6.08 Å². The SMILES string of the molecule is O=C(O)C=Cc1cccc(Oc2ccc(Br)cc2F)c1. The Morgan fingerprint density at radius 3 is 2.75 bits per heavy atom. The first-order valence-electron chi connectivity index (χ1n) is 5.68. The number of halogens is 2. The van der Waals surface area contributed by atoms with Gasteiger partial charge in [0.1, 0.15) is 5.75 Å². The Hall–Kier alpha value is -2.14. The van der Waals surface area contributed by atoms with Gasteiger partial charge in [-0.05, 0) is 42.0 Å². The molecule has 0 saturated carbocycles. The number of hydrogen-bond acceptors (Lipinski definition) is 2. The highest BCUT2D eigenvalue weighted by Gasteiger charge is 2.05. The van der Waals surface area contributed by atoms with Crippen LogP contribution in [0, 0.1) is 5.82 Å². The molecule has 102 valence electrons. The Labute approximate surface area is 123 Å². The van der Waals surface area contributed by atoms with Gasteiger partial charge in [0.05, 0.1) is 0 Å². The van der Waals surface area contributed by atoms with Crippen molar-refractivity contribution in [3.8, 4) is 11.5 Å². The van der Waals surface area contributed by atoms with Gasteiger partial charge in [-0.2, -0.15) is 0 Å². The molecule has 0 aliphatic rings. The van der Waals surface area contributed by atoms with Crippen LogP contribution in [0.2, 0.25) is 0 Å². The van der Waals surface area contributed by atoms with Crippen molar-refractivity contribution in [2.75, 3.05) is 0 Å². The standard InChI is InChI=1S/C15H10BrFO3/c16-11-5-6-14(13(17)9-11)20-12-3-1-2-10(8-12)4-7-15(18)19/h1-9H,(H,18,19). The third-order valence-corrected chi connectivity index (χ3v) is 2.89. The Bertz CT molecular complexity index is 668. The van der Waals surface area contributed by atoms with Gasteiger partial charge in [-0.25, -0.2) is 9.18 Å². The number of carboxylic acids is 1. The third kappa shape index (κ3) is 3.93. The average molecular weight is 337 g/mol. The molecule has 0 bridgehead atoms. The van der Waals surface area contributed by atoms with E-state index in [-0.39, 0.29) is 5.75 Å². The predicted molar refractivity (Wildman–Crippen MR) is 77.3 cm³/mol. The van der Waals surface area contributed by atoms with Crippen molar-refractivity contribution < 1.29 is 19.0 Å². The summed E-state index contributed by atoms with van der Waals surface area (Å²) in [6.45, 7) is 0. The lowest BCUT2D eigenvalue weighted by Gasteiger charge is -2.07. The molecule has 0 fully saturated rings. The van der Waals surface area contributed by atoms with E-state index in [9.17, 15) is 9.18 Å². The van der Waals surface area contributed by atoms with Crippen LogP contribution in [0.25, 0.3) is 6.08 Å². The van der Waals surface area contributed by atoms with E-state index in [1.165, 1.54) is 18.2 Å². The molecular formula is C15H10BrFO3. The van der Waals surface area contributed by atoms with Gasteiger partial charge in [0, 0.05) is 10.5 Å². The van der Waals surface area contributed by atoms with Gasteiger partial charge in [0.15, 0.2) is 11.6 Å². The molecule has 0 heterocycles. The second-order valence-electron chi connectivity index (χ2n) is 3.92. The highest BCUT2D eigenvalue weighted by molar-refractivity contribution is 9.10. The van der Waals surface area contributed by atoms with E-state index >= 15 is 0 Å². The van der Waals surface area contributed by atoms with Crippen LogP contribution in [0.1, 0.15) is 5.56 Å². The molecule has 2 rings (SSSR count). The fourth-order valence-corrected chi connectivity index (χ4v) is 1.87. The lowest BCUT2D eigenvalue weighted by Crippen LogP contribution is -1.89. The summed E-state index contributed by atoms with van der Waals surface area (Å²) in [7, 11) is 0. The molecule has 1 N–H and O–H groups in total. The lowest BCUT2D eigenvalue weighted by atomic mass is 10.2. The van der Waals surface area contributed by atoms with E-state index in [1.54, 1.807) is 30.3 Å². The number of carbonyl (C=O) groups is 1. The fourth-order valence-electron chi connectivity index (χ4n) is 1.53. The third-order valence-electron chi connectivity index (χ3n) is 2.40. The molecule has 20 heavy (non-hydrogen) atoms. The van der Waals surface area contributed by atoms with E-state index < -0.39 is 11.8 Å². The Morgan fingerprint density at radius 1 is 1.25 bits per heavy atom. The zero-order chi connectivity index (χ0) is 14.5. The van der Waals surface area contributed by atoms with Crippen molar-refractivity contribution >= 4 is 28.0 Å². The van der Waals surface area contributed by atoms with Crippen LogP contribution >= 0.6 is 15.9 Å². The molecule has 0 aliphatic carbocycles. The molecule has 2 aromatic rings. The largest absolute Gasteiger partial charge is 0.478 e. The van der Waals surface area contributed by atoms with Crippen molar-refractivity contribution in [2.45, 2.75) is 0 Å². The minimum absolute atomic E-state index is 0.104. The minimum atomic E-state index is -1.03. The van der Waals surface area contributed by atoms with Crippen LogP contribution in [-0.2, 0) is 4.79 Å². The van der Waals surface area contributed by atoms with E-state index in [0.29, 0.717) is 15.8 Å². The number of rotatable bonds is 4. The zero-order valence-electron chi connectivity index (χ0n) is 10.2. The predicted octanol–water partition coefficient (Wildman–Crippen LogP) is 4.48. The summed E-state index contributed by atoms with van der Waals surface area (Å²) in [5, 5.41) is 8.57. The summed E-state index contributed by atoms with van der Waals surface area (Å²) in [4.78, 5) is 10.5. The molecule has 5 heteroatoms. The van der Waals surface area contributed by atoms with Crippen molar-refractivity contribution in [2.24, 2.45) is 0 Å². The highest BCUT2D eigenvalue weighted by atomic mass is 79.9. The molecule has 0 unspecified atom stereocenters. The van der Waals surface area contributed by atoms with Gasteiger partial charge in [-0.1, -0.05) is 28.1 Å². The van der Waals surface area contributed by atoms with Crippen LogP contribution < -0.4 is 4.74 Å². The smallest absolute Gasteiger partial charge is 0.328 e. The molecule has 0 spiro atoms. The van der Waals surface area contributed by atoms with Crippen LogP contribution in [-0.4, -0.2) is 11.1 Å². The van der Waals surface area contributed by atoms with Gasteiger partial charge in [-0.3, -0.25) is 0 Å². The van der Waals surface area contributed by atoms with Gasteiger partial charge >= 0.3 is 5.97 Å². The number of carboxylic acid groups (broad SMARTS) is 1. The molecule has 0 amide bonds. The van der Waals surface area contributed by atoms with Gasteiger partial charge in [0.2, 0.25) is 0 Å². The van der Waals surface area contributed by atoms with E-state index in [1.807, 2.05) is 0 Å². The quantitative estimate of drug-likeness (QED) is 0.837. The maximum Gasteiger partial charge on any atom is 0.328 e. The monoisotopic (exact) mass is 336 g/mol. The number of benzene rings is 2. The average Bonchev–Trinajstić information content (AvgIpc) is 2.40. The number of hydrogen-bond donors (Lipinski definition) is 1. The van der Waals surface area contributed by atoms with Crippen molar-refractivity contribution in [1.29, 1.82) is 0 Å². The Kier molecular flexibility index (Phi) is 4.53. The first kappa shape index (κ1) is 14.3. The van der Waals surface area contributed by atoms with Crippen LogP contribution in [0.3, 0.4) is 0 Å². The first-order valence-corrected chi connectivity index (χ1v) is 6.48.